The van der Waals surface area contributed by atoms with E-state index < -0.39 is 0 Å². The summed E-state index contributed by atoms with van der Waals surface area (Å²) < 4.78 is 1.69. The molecule has 0 saturated carbocycles. The molecule has 3 aromatic rings. The van der Waals surface area contributed by atoms with Crippen LogP contribution in [-0.2, 0) is 12.8 Å². The zero-order valence-corrected chi connectivity index (χ0v) is 15.2. The Morgan fingerprint density at radius 3 is 2.93 bits per heavy atom. The first-order chi connectivity index (χ1) is 13.2. The normalized spacial score (nSPS) is 16.7. The topological polar surface area (TPSA) is 86.2 Å². The van der Waals surface area contributed by atoms with E-state index in [0.29, 0.717) is 11.6 Å². The van der Waals surface area contributed by atoms with Crippen LogP contribution in [-0.4, -0.2) is 51.0 Å². The van der Waals surface area contributed by atoms with Gasteiger partial charge in [-0.2, -0.15) is 9.78 Å². The number of aryl methyl sites for hydroxylation is 2. The minimum absolute atomic E-state index is 0.310. The van der Waals surface area contributed by atoms with Gasteiger partial charge < -0.3 is 9.80 Å². The van der Waals surface area contributed by atoms with Crippen LogP contribution in [0.2, 0.25) is 0 Å². The number of rotatable bonds is 3. The molecule has 8 nitrogen and oxygen atoms in total. The highest BCUT2D eigenvalue weighted by molar-refractivity contribution is 5.58. The van der Waals surface area contributed by atoms with Gasteiger partial charge in [-0.3, -0.25) is 0 Å². The number of hydrogen-bond acceptors (Lipinski definition) is 7. The van der Waals surface area contributed by atoms with E-state index in [1.165, 1.54) is 18.4 Å². The lowest BCUT2D eigenvalue weighted by Gasteiger charge is -2.45. The molecule has 0 aromatic carbocycles. The van der Waals surface area contributed by atoms with Crippen LogP contribution in [0.1, 0.15) is 29.7 Å². The van der Waals surface area contributed by atoms with Crippen molar-refractivity contribution in [3.63, 3.8) is 0 Å². The average molecular weight is 360 g/mol. The Morgan fingerprint density at radius 1 is 1.22 bits per heavy atom. The molecule has 0 radical (unpaired) electrons. The van der Waals surface area contributed by atoms with Crippen LogP contribution < -0.4 is 9.80 Å². The lowest BCUT2D eigenvalue weighted by molar-refractivity contribution is 0.486. The summed E-state index contributed by atoms with van der Waals surface area (Å²) in [6.45, 7) is 1.70. The van der Waals surface area contributed by atoms with Gasteiger partial charge in [0.2, 0.25) is 0 Å². The zero-order chi connectivity index (χ0) is 18.4. The second-order valence-corrected chi connectivity index (χ2v) is 7.28. The molecule has 0 bridgehead atoms. The molecular weight excluding hydrogens is 340 g/mol. The van der Waals surface area contributed by atoms with Crippen molar-refractivity contribution in [1.82, 2.24) is 24.8 Å². The number of nitriles is 1. The molecule has 1 fully saturated rings. The van der Waals surface area contributed by atoms with Crippen LogP contribution in [0.25, 0.3) is 5.65 Å². The predicted molar refractivity (Wildman–Crippen MR) is 101 cm³/mol. The smallest absolute Gasteiger partial charge is 0.177 e. The molecule has 0 unspecified atom stereocenters. The largest absolute Gasteiger partial charge is 0.352 e. The summed E-state index contributed by atoms with van der Waals surface area (Å²) in [6, 6.07) is 8.59. The molecule has 0 atom stereocenters. The third-order valence-electron chi connectivity index (χ3n) is 5.62. The van der Waals surface area contributed by atoms with E-state index in [0.717, 1.165) is 48.9 Å². The van der Waals surface area contributed by atoms with E-state index in [1.54, 1.807) is 10.8 Å². The van der Waals surface area contributed by atoms with Gasteiger partial charge in [0.25, 0.3) is 0 Å². The van der Waals surface area contributed by atoms with Gasteiger partial charge in [-0.15, -0.1) is 15.3 Å². The SMILES string of the molecule is CN(c1nc2c(cc1C#N)CCCC2)C1CN(c2ccc3nncn3n2)C1. The van der Waals surface area contributed by atoms with Crippen molar-refractivity contribution >= 4 is 17.3 Å². The Kier molecular flexibility index (Phi) is 3.67. The molecule has 0 N–H and O–H groups in total. The highest BCUT2D eigenvalue weighted by Crippen LogP contribution is 2.29. The molecule has 3 aromatic heterocycles. The third kappa shape index (κ3) is 2.67. The summed E-state index contributed by atoms with van der Waals surface area (Å²) >= 11 is 0. The van der Waals surface area contributed by atoms with Crippen LogP contribution in [0, 0.1) is 11.3 Å². The van der Waals surface area contributed by atoms with E-state index in [2.05, 4.69) is 31.2 Å². The van der Waals surface area contributed by atoms with E-state index >= 15 is 0 Å². The Morgan fingerprint density at radius 2 is 2.07 bits per heavy atom. The predicted octanol–water partition coefficient (Wildman–Crippen LogP) is 1.59. The van der Waals surface area contributed by atoms with Crippen molar-refractivity contribution in [3.05, 3.63) is 41.3 Å². The van der Waals surface area contributed by atoms with Crippen molar-refractivity contribution in [2.45, 2.75) is 31.7 Å². The summed E-state index contributed by atoms with van der Waals surface area (Å²) in [5, 5.41) is 22.0. The van der Waals surface area contributed by atoms with Gasteiger partial charge in [0.15, 0.2) is 5.65 Å². The fraction of sp³-hybridized carbons (Fsp3) is 0.421. The van der Waals surface area contributed by atoms with Crippen LogP contribution in [0.5, 0.6) is 0 Å². The monoisotopic (exact) mass is 360 g/mol. The molecule has 1 saturated heterocycles. The molecule has 0 amide bonds. The van der Waals surface area contributed by atoms with Gasteiger partial charge in [0.05, 0.1) is 11.6 Å². The van der Waals surface area contributed by atoms with Crippen molar-refractivity contribution in [2.75, 3.05) is 29.9 Å². The lowest BCUT2D eigenvalue weighted by atomic mass is 9.94. The molecule has 8 heteroatoms. The first-order valence-corrected chi connectivity index (χ1v) is 9.30. The number of likely N-dealkylation sites (N-methyl/N-ethyl adjacent to an activating group) is 1. The lowest BCUT2D eigenvalue weighted by Crippen LogP contribution is -2.59. The maximum Gasteiger partial charge on any atom is 0.177 e. The fourth-order valence-electron chi connectivity index (χ4n) is 3.92. The number of hydrogen-bond donors (Lipinski definition) is 0. The van der Waals surface area contributed by atoms with Gasteiger partial charge in [0, 0.05) is 25.8 Å². The molecule has 1 aliphatic carbocycles. The Bertz CT molecular complexity index is 1040. The van der Waals surface area contributed by atoms with Gasteiger partial charge in [0.1, 0.15) is 24.0 Å². The van der Waals surface area contributed by atoms with E-state index in [4.69, 9.17) is 4.98 Å². The van der Waals surface area contributed by atoms with Crippen molar-refractivity contribution in [3.8, 4) is 6.07 Å². The van der Waals surface area contributed by atoms with Gasteiger partial charge >= 0.3 is 0 Å². The number of aromatic nitrogens is 5. The van der Waals surface area contributed by atoms with E-state index in [1.807, 2.05) is 25.2 Å². The second kappa shape index (κ2) is 6.20. The van der Waals surface area contributed by atoms with Crippen molar-refractivity contribution in [2.24, 2.45) is 0 Å². The summed E-state index contributed by atoms with van der Waals surface area (Å²) in [5.41, 5.74) is 3.83. The molecule has 5 rings (SSSR count). The number of pyridine rings is 1. The number of fused-ring (bicyclic) bond motifs is 2. The van der Waals surface area contributed by atoms with Crippen LogP contribution in [0.3, 0.4) is 0 Å². The number of anilines is 2. The van der Waals surface area contributed by atoms with Gasteiger partial charge in [-0.05, 0) is 49.4 Å². The van der Waals surface area contributed by atoms with E-state index in [9.17, 15) is 5.26 Å². The molecule has 0 spiro atoms. The van der Waals surface area contributed by atoms with Crippen molar-refractivity contribution in [1.29, 1.82) is 5.26 Å². The number of nitrogens with zero attached hydrogens (tertiary/aromatic N) is 8. The first-order valence-electron chi connectivity index (χ1n) is 9.30. The third-order valence-corrected chi connectivity index (χ3v) is 5.62. The minimum atomic E-state index is 0.310. The van der Waals surface area contributed by atoms with Crippen molar-refractivity contribution < 1.29 is 0 Å². The Labute approximate surface area is 157 Å². The van der Waals surface area contributed by atoms with Gasteiger partial charge in [-0.1, -0.05) is 0 Å². The second-order valence-electron chi connectivity index (χ2n) is 7.28. The van der Waals surface area contributed by atoms with E-state index in [-0.39, 0.29) is 0 Å². The molecule has 136 valence electrons. The molecule has 27 heavy (non-hydrogen) atoms. The minimum Gasteiger partial charge on any atom is -0.352 e. The van der Waals surface area contributed by atoms with Gasteiger partial charge in [-0.25, -0.2) is 4.98 Å². The standard InChI is InChI=1S/C19H20N8/c1-25(19-14(9-20)8-13-4-2-3-5-16(13)22-19)15-10-26(11-15)18-7-6-17-23-21-12-27(17)24-18/h6-8,12,15H,2-5,10-11H2,1H3. The summed E-state index contributed by atoms with van der Waals surface area (Å²) in [5.74, 6) is 1.72. The van der Waals surface area contributed by atoms with Crippen LogP contribution in [0.4, 0.5) is 11.6 Å². The summed E-state index contributed by atoms with van der Waals surface area (Å²) in [6.07, 6.45) is 6.04. The molecule has 1 aliphatic heterocycles. The average Bonchev–Trinajstić information content (AvgIpc) is 3.13. The summed E-state index contributed by atoms with van der Waals surface area (Å²) in [4.78, 5) is 9.23. The highest BCUT2D eigenvalue weighted by Gasteiger charge is 2.33. The maximum absolute atomic E-state index is 9.60. The molecular formula is C19H20N8. The Balaban J connectivity index is 1.35. The maximum atomic E-state index is 9.60. The zero-order valence-electron chi connectivity index (χ0n) is 15.2. The van der Waals surface area contributed by atoms with Crippen LogP contribution >= 0.6 is 0 Å². The quantitative estimate of drug-likeness (QED) is 0.701. The fourth-order valence-corrected chi connectivity index (χ4v) is 3.92. The van der Waals surface area contributed by atoms with Crippen LogP contribution in [0.15, 0.2) is 24.5 Å². The molecule has 2 aliphatic rings. The first kappa shape index (κ1) is 16.0. The summed E-state index contributed by atoms with van der Waals surface area (Å²) in [7, 11) is 2.04. The highest BCUT2D eigenvalue weighted by atomic mass is 15.4. The molecule has 4 heterocycles. The Hall–Kier alpha value is -3.21.